The van der Waals surface area contributed by atoms with Gasteiger partial charge in [0.25, 0.3) is 18.1 Å². The predicted octanol–water partition coefficient (Wildman–Crippen LogP) is 2.09. The number of carbonyl (C=O) groups excluding carboxylic acids is 1. The average molecular weight is 465 g/mol. The molecule has 5 unspecified atom stereocenters. The Kier molecular flexibility index (Phi) is 6.14. The lowest BCUT2D eigenvalue weighted by molar-refractivity contribution is -0.717. The smallest absolute Gasteiger partial charge is 0.325 e. The summed E-state index contributed by atoms with van der Waals surface area (Å²) in [7, 11) is 1.70. The van der Waals surface area contributed by atoms with E-state index in [2.05, 4.69) is 17.2 Å². The summed E-state index contributed by atoms with van der Waals surface area (Å²) in [6, 6.07) is 3.08. The molecule has 33 heavy (non-hydrogen) atoms. The van der Waals surface area contributed by atoms with Crippen molar-refractivity contribution in [2.75, 3.05) is 26.7 Å². The number of piperidine rings is 1. The summed E-state index contributed by atoms with van der Waals surface area (Å²) in [5, 5.41) is 4.85. The molecule has 3 aliphatic heterocycles. The fourth-order valence-electron chi connectivity index (χ4n) is 5.17. The SMILES string of the molecule is CC#CC(=O)N1CCC2C(C3CCN(C)[N+]3=O)NC(c3ccc(C(F)(F)F)cc3)[N+](=O)C2C1. The first-order chi connectivity index (χ1) is 15.6. The van der Waals surface area contributed by atoms with Crippen molar-refractivity contribution in [1.29, 1.82) is 0 Å². The van der Waals surface area contributed by atoms with Crippen molar-refractivity contribution in [1.82, 2.24) is 15.2 Å². The number of halogens is 3. The van der Waals surface area contributed by atoms with Crippen molar-refractivity contribution >= 4 is 5.91 Å². The lowest BCUT2D eigenvalue weighted by Gasteiger charge is -2.41. The maximum Gasteiger partial charge on any atom is 0.416 e. The number of hydrogen-bond donors (Lipinski definition) is 1. The Morgan fingerprint density at radius 3 is 2.39 bits per heavy atom. The van der Waals surface area contributed by atoms with Crippen LogP contribution in [0.15, 0.2) is 24.3 Å². The van der Waals surface area contributed by atoms with Crippen LogP contribution >= 0.6 is 0 Å². The van der Waals surface area contributed by atoms with E-state index in [1.165, 1.54) is 17.0 Å². The molecule has 3 fully saturated rings. The minimum absolute atomic E-state index is 0.151. The first kappa shape index (κ1) is 23.2. The number of nitrogens with one attached hydrogen (secondary N) is 1. The van der Waals surface area contributed by atoms with Gasteiger partial charge in [-0.05, 0) is 31.4 Å². The lowest BCUT2D eigenvalue weighted by atomic mass is 9.78. The van der Waals surface area contributed by atoms with Crippen LogP contribution < -0.4 is 5.32 Å². The predicted molar refractivity (Wildman–Crippen MR) is 111 cm³/mol. The molecule has 0 saturated carbocycles. The molecule has 1 aromatic carbocycles. The van der Waals surface area contributed by atoms with Crippen LogP contribution in [0.2, 0.25) is 0 Å². The molecule has 0 bridgehead atoms. The van der Waals surface area contributed by atoms with Crippen LogP contribution in [0.1, 0.15) is 37.1 Å². The van der Waals surface area contributed by atoms with Gasteiger partial charge < -0.3 is 4.90 Å². The number of rotatable bonds is 2. The molecular formula is C22H26F3N5O3+2. The van der Waals surface area contributed by atoms with Crippen LogP contribution in [0.4, 0.5) is 13.2 Å². The van der Waals surface area contributed by atoms with E-state index < -0.39 is 30.0 Å². The number of nitroso groups, excluding NO2 is 2. The van der Waals surface area contributed by atoms with Crippen molar-refractivity contribution in [3.05, 3.63) is 45.2 Å². The topological polar surface area (TPSA) is 75.7 Å². The highest BCUT2D eigenvalue weighted by Crippen LogP contribution is 2.37. The molecule has 4 rings (SSSR count). The molecule has 3 aliphatic rings. The van der Waals surface area contributed by atoms with Crippen molar-refractivity contribution < 1.29 is 27.6 Å². The van der Waals surface area contributed by atoms with Crippen LogP contribution in [-0.4, -0.2) is 70.3 Å². The largest absolute Gasteiger partial charge is 0.416 e. The first-order valence-electron chi connectivity index (χ1n) is 10.9. The normalized spacial score (nSPS) is 30.0. The highest BCUT2D eigenvalue weighted by atomic mass is 19.4. The van der Waals surface area contributed by atoms with Crippen molar-refractivity contribution in [2.45, 2.75) is 50.2 Å². The summed E-state index contributed by atoms with van der Waals surface area (Å²) in [5.41, 5.74) is -0.424. The van der Waals surface area contributed by atoms with E-state index in [1.807, 2.05) is 0 Å². The molecule has 11 heteroatoms. The standard InChI is InChI=1S/C22H26F3N5O3/c1-3-4-19(31)28-12-9-16-18(13-28)29(32)21(14-5-7-15(8-6-14)22(23,24)25)26-20(16)17-10-11-27(2)30(17)33/h5-8,16-18,20-21,26H,9-13H2,1-2H3/q+2. The number of hydrazine groups is 1. The quantitative estimate of drug-likeness (QED) is 0.535. The maximum atomic E-state index is 13.4. The number of hydrogen-bond acceptors (Lipinski definition) is 4. The number of alkyl halides is 3. The molecule has 8 nitrogen and oxygen atoms in total. The molecule has 0 radical (unpaired) electrons. The molecule has 1 amide bonds. The minimum Gasteiger partial charge on any atom is -0.325 e. The van der Waals surface area contributed by atoms with Crippen LogP contribution in [0.3, 0.4) is 0 Å². The fraction of sp³-hybridized carbons (Fsp3) is 0.591. The second kappa shape index (κ2) is 8.74. The van der Waals surface area contributed by atoms with Crippen LogP contribution in [0, 0.1) is 27.6 Å². The third-order valence-corrected chi connectivity index (χ3v) is 6.88. The minimum atomic E-state index is -4.48. The Morgan fingerprint density at radius 1 is 1.12 bits per heavy atom. The Balaban J connectivity index is 1.66. The van der Waals surface area contributed by atoms with Gasteiger partial charge in [0, 0.05) is 28.2 Å². The monoisotopic (exact) mass is 465 g/mol. The third-order valence-electron chi connectivity index (χ3n) is 6.88. The molecule has 176 valence electrons. The van der Waals surface area contributed by atoms with Gasteiger partial charge in [-0.3, -0.25) is 4.79 Å². The van der Waals surface area contributed by atoms with Crippen LogP contribution in [-0.2, 0) is 11.0 Å². The van der Waals surface area contributed by atoms with E-state index in [-0.39, 0.29) is 24.4 Å². The molecule has 3 saturated heterocycles. The summed E-state index contributed by atoms with van der Waals surface area (Å²) >= 11 is 0. The second-order valence-electron chi connectivity index (χ2n) is 8.76. The summed E-state index contributed by atoms with van der Waals surface area (Å²) in [5.74, 6) is 4.51. The Hall–Kier alpha value is -3.00. The molecule has 3 heterocycles. The highest BCUT2D eigenvalue weighted by molar-refractivity contribution is 5.93. The molecule has 0 spiro atoms. The van der Waals surface area contributed by atoms with Gasteiger partial charge in [0.2, 0.25) is 6.04 Å². The number of likely N-dealkylation sites (tertiary alicyclic amines) is 1. The Morgan fingerprint density at radius 2 is 1.82 bits per heavy atom. The number of benzene rings is 1. The number of amides is 1. The van der Waals surface area contributed by atoms with E-state index in [0.717, 1.165) is 21.8 Å². The molecule has 1 N–H and O–H groups in total. The number of fused-ring (bicyclic) bond motifs is 1. The van der Waals surface area contributed by atoms with Crippen molar-refractivity contribution in [3.63, 3.8) is 0 Å². The first-order valence-corrected chi connectivity index (χ1v) is 10.9. The van der Waals surface area contributed by atoms with Gasteiger partial charge >= 0.3 is 6.18 Å². The van der Waals surface area contributed by atoms with Gasteiger partial charge in [0.15, 0.2) is 0 Å². The van der Waals surface area contributed by atoms with Crippen molar-refractivity contribution in [3.8, 4) is 11.8 Å². The summed E-state index contributed by atoms with van der Waals surface area (Å²) in [6.07, 6.45) is -4.30. The summed E-state index contributed by atoms with van der Waals surface area (Å²) in [4.78, 5) is 40.9. The zero-order valence-electron chi connectivity index (χ0n) is 18.4. The molecular weight excluding hydrogens is 439 g/mol. The third kappa shape index (κ3) is 4.31. The van der Waals surface area contributed by atoms with E-state index in [9.17, 15) is 27.8 Å². The number of nitrogens with zero attached hydrogens (tertiary/aromatic N) is 4. The molecule has 0 aliphatic carbocycles. The molecule has 5 atom stereocenters. The lowest BCUT2D eigenvalue weighted by Crippen LogP contribution is -2.66. The summed E-state index contributed by atoms with van der Waals surface area (Å²) in [6.45, 7) is 2.71. The van der Waals surface area contributed by atoms with Gasteiger partial charge in [-0.25, -0.2) is 5.32 Å². The fourth-order valence-corrected chi connectivity index (χ4v) is 5.17. The van der Waals surface area contributed by atoms with Gasteiger partial charge in [-0.15, -0.1) is 5.01 Å². The second-order valence-corrected chi connectivity index (χ2v) is 8.76. The van der Waals surface area contributed by atoms with E-state index in [0.29, 0.717) is 31.5 Å². The van der Waals surface area contributed by atoms with Gasteiger partial charge in [0.05, 0.1) is 42.6 Å². The van der Waals surface area contributed by atoms with E-state index >= 15 is 0 Å². The van der Waals surface area contributed by atoms with Crippen LogP contribution in [0.5, 0.6) is 0 Å². The average Bonchev–Trinajstić information content (AvgIpc) is 3.12. The number of carbonyl (C=O) groups is 1. The summed E-state index contributed by atoms with van der Waals surface area (Å²) < 4.78 is 39.8. The maximum absolute atomic E-state index is 13.4. The Labute approximate surface area is 189 Å². The van der Waals surface area contributed by atoms with E-state index in [4.69, 9.17) is 0 Å². The highest BCUT2D eigenvalue weighted by Gasteiger charge is 2.59. The van der Waals surface area contributed by atoms with Gasteiger partial charge in [0.1, 0.15) is 4.87 Å². The van der Waals surface area contributed by atoms with Gasteiger partial charge in [-0.2, -0.15) is 13.2 Å². The van der Waals surface area contributed by atoms with Gasteiger partial charge in [-0.1, -0.05) is 18.1 Å². The zero-order valence-corrected chi connectivity index (χ0v) is 18.4. The van der Waals surface area contributed by atoms with Crippen molar-refractivity contribution in [2.24, 2.45) is 5.92 Å². The Bertz CT molecular complexity index is 1020. The molecule has 0 aromatic heterocycles. The van der Waals surface area contributed by atoms with E-state index in [1.54, 1.807) is 19.0 Å². The molecule has 1 aromatic rings. The van der Waals surface area contributed by atoms with Crippen LogP contribution in [0.25, 0.3) is 0 Å². The zero-order chi connectivity index (χ0) is 23.9.